The second-order valence-corrected chi connectivity index (χ2v) is 5.80. The number of hydrogen-bond donors (Lipinski definition) is 1. The van der Waals surface area contributed by atoms with Crippen LogP contribution in [0.1, 0.15) is 40.5 Å². The van der Waals surface area contributed by atoms with E-state index >= 15 is 0 Å². The average molecular weight is 258 g/mol. The zero-order valence-electron chi connectivity index (χ0n) is 12.6. The van der Waals surface area contributed by atoms with Crippen LogP contribution in [-0.2, 0) is 9.53 Å². The molecule has 0 heterocycles. The van der Waals surface area contributed by atoms with E-state index < -0.39 is 6.04 Å². The van der Waals surface area contributed by atoms with Crippen molar-refractivity contribution in [2.75, 3.05) is 26.7 Å². The lowest BCUT2D eigenvalue weighted by molar-refractivity contribution is -0.142. The van der Waals surface area contributed by atoms with Crippen molar-refractivity contribution in [3.8, 4) is 0 Å². The van der Waals surface area contributed by atoms with Crippen molar-refractivity contribution < 1.29 is 9.53 Å². The summed E-state index contributed by atoms with van der Waals surface area (Å²) < 4.78 is 4.67. The van der Waals surface area contributed by atoms with Gasteiger partial charge in [-0.05, 0) is 37.8 Å². The molecule has 0 radical (unpaired) electrons. The van der Waals surface area contributed by atoms with Crippen molar-refractivity contribution in [1.82, 2.24) is 4.90 Å². The second-order valence-electron chi connectivity index (χ2n) is 5.80. The Morgan fingerprint density at radius 1 is 1.11 bits per heavy atom. The molecule has 0 bridgehead atoms. The first-order chi connectivity index (χ1) is 8.36. The largest absolute Gasteiger partial charge is 0.468 e. The van der Waals surface area contributed by atoms with Crippen LogP contribution < -0.4 is 5.73 Å². The fourth-order valence-corrected chi connectivity index (χ4v) is 1.68. The molecule has 1 atom stereocenters. The number of hydrogen-bond acceptors (Lipinski definition) is 4. The summed E-state index contributed by atoms with van der Waals surface area (Å²) in [5.41, 5.74) is 5.83. The quantitative estimate of drug-likeness (QED) is 0.642. The van der Waals surface area contributed by atoms with Gasteiger partial charge in [-0.25, -0.2) is 0 Å². The van der Waals surface area contributed by atoms with Crippen LogP contribution >= 0.6 is 0 Å². The number of rotatable bonds is 9. The average Bonchev–Trinajstić information content (AvgIpc) is 2.30. The van der Waals surface area contributed by atoms with Crippen LogP contribution in [0.15, 0.2) is 0 Å². The molecule has 0 saturated carbocycles. The van der Waals surface area contributed by atoms with E-state index in [0.717, 1.165) is 25.9 Å². The molecule has 0 rings (SSSR count). The van der Waals surface area contributed by atoms with E-state index in [9.17, 15) is 4.79 Å². The van der Waals surface area contributed by atoms with Crippen molar-refractivity contribution in [1.29, 1.82) is 0 Å². The van der Waals surface area contributed by atoms with Gasteiger partial charge in [-0.2, -0.15) is 0 Å². The highest BCUT2D eigenvalue weighted by atomic mass is 16.5. The molecule has 4 heteroatoms. The Kier molecular flexibility index (Phi) is 9.02. The van der Waals surface area contributed by atoms with Gasteiger partial charge in [0.2, 0.25) is 0 Å². The molecule has 2 N–H and O–H groups in total. The topological polar surface area (TPSA) is 55.6 Å². The third-order valence-corrected chi connectivity index (χ3v) is 3.00. The number of carbonyl (C=O) groups is 1. The fraction of sp³-hybridized carbons (Fsp3) is 0.929. The Morgan fingerprint density at radius 2 is 1.56 bits per heavy atom. The molecule has 0 aliphatic rings. The summed E-state index contributed by atoms with van der Waals surface area (Å²) >= 11 is 0. The molecular formula is C14H30N2O2. The van der Waals surface area contributed by atoms with Gasteiger partial charge in [-0.15, -0.1) is 0 Å². The molecule has 0 amide bonds. The number of esters is 1. The van der Waals surface area contributed by atoms with E-state index in [1.165, 1.54) is 7.11 Å². The molecule has 0 aromatic rings. The molecule has 0 aromatic carbocycles. The number of nitrogens with two attached hydrogens (primary N) is 1. The SMILES string of the molecule is COC(=O)C(N)CN(CCC(C)C)CCC(C)C. The van der Waals surface area contributed by atoms with Gasteiger partial charge < -0.3 is 15.4 Å². The molecule has 0 saturated heterocycles. The van der Waals surface area contributed by atoms with Crippen LogP contribution in [0.2, 0.25) is 0 Å². The highest BCUT2D eigenvalue weighted by Gasteiger charge is 2.18. The van der Waals surface area contributed by atoms with Gasteiger partial charge in [0.1, 0.15) is 6.04 Å². The minimum absolute atomic E-state index is 0.325. The van der Waals surface area contributed by atoms with Crippen LogP contribution in [0.5, 0.6) is 0 Å². The Balaban J connectivity index is 4.22. The fourth-order valence-electron chi connectivity index (χ4n) is 1.68. The van der Waals surface area contributed by atoms with Gasteiger partial charge in [0.25, 0.3) is 0 Å². The normalized spacial score (nSPS) is 13.4. The van der Waals surface area contributed by atoms with Gasteiger partial charge in [-0.1, -0.05) is 27.7 Å². The van der Waals surface area contributed by atoms with E-state index in [-0.39, 0.29) is 5.97 Å². The van der Waals surface area contributed by atoms with E-state index in [1.54, 1.807) is 0 Å². The molecule has 0 spiro atoms. The number of ether oxygens (including phenoxy) is 1. The van der Waals surface area contributed by atoms with Gasteiger partial charge in [-0.3, -0.25) is 4.79 Å². The van der Waals surface area contributed by atoms with Crippen LogP contribution in [-0.4, -0.2) is 43.7 Å². The van der Waals surface area contributed by atoms with E-state index in [4.69, 9.17) is 5.73 Å². The first kappa shape index (κ1) is 17.4. The summed E-state index contributed by atoms with van der Waals surface area (Å²) in [6.07, 6.45) is 2.26. The lowest BCUT2D eigenvalue weighted by Gasteiger charge is -2.26. The van der Waals surface area contributed by atoms with Crippen molar-refractivity contribution in [2.24, 2.45) is 17.6 Å². The maximum Gasteiger partial charge on any atom is 0.323 e. The van der Waals surface area contributed by atoms with E-state index in [1.807, 2.05) is 0 Å². The first-order valence-electron chi connectivity index (χ1n) is 6.92. The Labute approximate surface area is 112 Å². The summed E-state index contributed by atoms with van der Waals surface area (Å²) in [4.78, 5) is 13.6. The summed E-state index contributed by atoms with van der Waals surface area (Å²) in [5, 5.41) is 0. The van der Waals surface area contributed by atoms with Gasteiger partial charge >= 0.3 is 5.97 Å². The Morgan fingerprint density at radius 3 is 1.89 bits per heavy atom. The third-order valence-electron chi connectivity index (χ3n) is 3.00. The van der Waals surface area contributed by atoms with E-state index in [2.05, 4.69) is 37.3 Å². The zero-order chi connectivity index (χ0) is 14.1. The summed E-state index contributed by atoms with van der Waals surface area (Å²) in [5.74, 6) is 1.01. The van der Waals surface area contributed by atoms with Crippen LogP contribution in [0.3, 0.4) is 0 Å². The summed E-state index contributed by atoms with van der Waals surface area (Å²) in [6.45, 7) is 11.4. The molecule has 108 valence electrons. The molecule has 0 aliphatic carbocycles. The molecule has 1 unspecified atom stereocenters. The van der Waals surface area contributed by atoms with Gasteiger partial charge in [0, 0.05) is 6.54 Å². The number of nitrogens with zero attached hydrogens (tertiary/aromatic N) is 1. The molecular weight excluding hydrogens is 228 g/mol. The van der Waals surface area contributed by atoms with Gasteiger partial charge in [0.15, 0.2) is 0 Å². The first-order valence-corrected chi connectivity index (χ1v) is 6.92. The molecule has 0 fully saturated rings. The van der Waals surface area contributed by atoms with Crippen molar-refractivity contribution >= 4 is 5.97 Å². The Bertz CT molecular complexity index is 218. The summed E-state index contributed by atoms with van der Waals surface area (Å²) in [7, 11) is 1.38. The molecule has 18 heavy (non-hydrogen) atoms. The second kappa shape index (κ2) is 9.34. The predicted octanol–water partition coefficient (Wildman–Crippen LogP) is 1.88. The molecule has 0 aromatic heterocycles. The van der Waals surface area contributed by atoms with Crippen molar-refractivity contribution in [3.05, 3.63) is 0 Å². The summed E-state index contributed by atoms with van der Waals surface area (Å²) in [6, 6.07) is -0.533. The standard InChI is InChI=1S/C14H30N2O2/c1-11(2)6-8-16(9-7-12(3)4)10-13(15)14(17)18-5/h11-13H,6-10,15H2,1-5H3. The van der Waals surface area contributed by atoms with Crippen molar-refractivity contribution in [3.63, 3.8) is 0 Å². The zero-order valence-corrected chi connectivity index (χ0v) is 12.6. The number of carbonyl (C=O) groups excluding carboxylic acids is 1. The van der Waals surface area contributed by atoms with E-state index in [0.29, 0.717) is 18.4 Å². The van der Waals surface area contributed by atoms with Crippen molar-refractivity contribution in [2.45, 2.75) is 46.6 Å². The lowest BCUT2D eigenvalue weighted by Crippen LogP contribution is -2.44. The minimum Gasteiger partial charge on any atom is -0.468 e. The van der Waals surface area contributed by atoms with Crippen LogP contribution in [0, 0.1) is 11.8 Å². The number of methoxy groups -OCH3 is 1. The minimum atomic E-state index is -0.533. The van der Waals surface area contributed by atoms with Crippen LogP contribution in [0.25, 0.3) is 0 Å². The predicted molar refractivity (Wildman–Crippen MR) is 75.3 cm³/mol. The highest BCUT2D eigenvalue weighted by Crippen LogP contribution is 2.07. The third kappa shape index (κ3) is 8.48. The lowest BCUT2D eigenvalue weighted by atomic mass is 10.1. The maximum atomic E-state index is 11.3. The van der Waals surface area contributed by atoms with Crippen LogP contribution in [0.4, 0.5) is 0 Å². The highest BCUT2D eigenvalue weighted by molar-refractivity contribution is 5.75. The van der Waals surface area contributed by atoms with Gasteiger partial charge in [0.05, 0.1) is 7.11 Å². The Hall–Kier alpha value is -0.610. The molecule has 4 nitrogen and oxygen atoms in total. The smallest absolute Gasteiger partial charge is 0.323 e. The monoisotopic (exact) mass is 258 g/mol. The molecule has 0 aliphatic heterocycles. The maximum absolute atomic E-state index is 11.3.